The Balaban J connectivity index is 2.09. The van der Waals surface area contributed by atoms with Gasteiger partial charge in [-0.15, -0.1) is 11.8 Å². The van der Waals surface area contributed by atoms with E-state index in [9.17, 15) is 0 Å². The molecule has 0 radical (unpaired) electrons. The highest BCUT2D eigenvalue weighted by atomic mass is 32.2. The molecule has 0 aliphatic carbocycles. The topological polar surface area (TPSA) is 24.9 Å². The molecule has 1 aromatic heterocycles. The Bertz CT molecular complexity index is 732. The van der Waals surface area contributed by atoms with Crippen molar-refractivity contribution in [2.45, 2.75) is 10.9 Å². The maximum absolute atomic E-state index is 4.45. The highest BCUT2D eigenvalue weighted by Crippen LogP contribution is 2.29. The summed E-state index contributed by atoms with van der Waals surface area (Å²) in [5.41, 5.74) is 3.57. The maximum atomic E-state index is 4.45. The number of pyridine rings is 1. The van der Waals surface area contributed by atoms with Gasteiger partial charge in [0.1, 0.15) is 0 Å². The molecule has 21 heavy (non-hydrogen) atoms. The van der Waals surface area contributed by atoms with Crippen LogP contribution in [-0.4, -0.2) is 18.3 Å². The third kappa shape index (κ3) is 2.80. The first kappa shape index (κ1) is 14.1. The lowest BCUT2D eigenvalue weighted by molar-refractivity contribution is 0.696. The fourth-order valence-electron chi connectivity index (χ4n) is 2.68. The number of nitrogens with one attached hydrogen (secondary N) is 1. The number of rotatable bonds is 4. The van der Waals surface area contributed by atoms with Gasteiger partial charge in [-0.05, 0) is 48.7 Å². The van der Waals surface area contributed by atoms with E-state index in [2.05, 4.69) is 65.1 Å². The lowest BCUT2D eigenvalue weighted by Crippen LogP contribution is -2.18. The summed E-state index contributed by atoms with van der Waals surface area (Å²) in [4.78, 5) is 5.73. The summed E-state index contributed by atoms with van der Waals surface area (Å²) in [6.07, 6.45) is 3.94. The molecule has 3 heteroatoms. The van der Waals surface area contributed by atoms with Gasteiger partial charge in [-0.3, -0.25) is 4.98 Å². The largest absolute Gasteiger partial charge is 0.309 e. The maximum Gasteiger partial charge on any atom is 0.0705 e. The van der Waals surface area contributed by atoms with Crippen LogP contribution in [0.3, 0.4) is 0 Å². The van der Waals surface area contributed by atoms with E-state index in [-0.39, 0.29) is 6.04 Å². The zero-order chi connectivity index (χ0) is 14.7. The Morgan fingerprint density at radius 2 is 1.81 bits per heavy atom. The lowest BCUT2D eigenvalue weighted by Gasteiger charge is -2.19. The van der Waals surface area contributed by atoms with Gasteiger partial charge in [-0.2, -0.15) is 0 Å². The fourth-order valence-corrected chi connectivity index (χ4v) is 3.09. The summed E-state index contributed by atoms with van der Waals surface area (Å²) in [6, 6.07) is 19.4. The van der Waals surface area contributed by atoms with Crippen molar-refractivity contribution < 1.29 is 0 Å². The molecule has 0 spiro atoms. The van der Waals surface area contributed by atoms with E-state index in [0.29, 0.717) is 0 Å². The quantitative estimate of drug-likeness (QED) is 0.728. The zero-order valence-electron chi connectivity index (χ0n) is 12.2. The van der Waals surface area contributed by atoms with Crippen molar-refractivity contribution in [3.63, 3.8) is 0 Å². The van der Waals surface area contributed by atoms with Crippen LogP contribution in [0.5, 0.6) is 0 Å². The minimum atomic E-state index is 0.175. The van der Waals surface area contributed by atoms with Crippen LogP contribution in [-0.2, 0) is 0 Å². The van der Waals surface area contributed by atoms with Gasteiger partial charge in [0.2, 0.25) is 0 Å². The molecular weight excluding hydrogens is 276 g/mol. The summed E-state index contributed by atoms with van der Waals surface area (Å²) in [5, 5.41) is 4.63. The first-order chi connectivity index (χ1) is 10.3. The molecule has 3 aromatic rings. The molecule has 0 bridgehead atoms. The summed E-state index contributed by atoms with van der Waals surface area (Å²) in [7, 11) is 2.00. The van der Waals surface area contributed by atoms with E-state index in [1.54, 1.807) is 11.8 Å². The third-order valence-corrected chi connectivity index (χ3v) is 4.47. The van der Waals surface area contributed by atoms with Gasteiger partial charge in [0.25, 0.3) is 0 Å². The predicted octanol–water partition coefficient (Wildman–Crippen LogP) is 4.27. The second-order valence-corrected chi connectivity index (χ2v) is 5.79. The van der Waals surface area contributed by atoms with Crippen LogP contribution in [0.25, 0.3) is 10.9 Å². The number of hydrogen-bond donors (Lipinski definition) is 1. The van der Waals surface area contributed by atoms with E-state index in [4.69, 9.17) is 0 Å². The number of hydrogen-bond acceptors (Lipinski definition) is 3. The second-order valence-electron chi connectivity index (χ2n) is 4.91. The monoisotopic (exact) mass is 294 g/mol. The average molecular weight is 294 g/mol. The molecule has 1 atom stereocenters. The lowest BCUT2D eigenvalue weighted by atomic mass is 9.95. The summed E-state index contributed by atoms with van der Waals surface area (Å²) in [6.45, 7) is 0. The number of nitrogens with zero attached hydrogens (tertiary/aromatic N) is 1. The molecule has 1 N–H and O–H groups in total. The average Bonchev–Trinajstić information content (AvgIpc) is 2.56. The first-order valence-corrected chi connectivity index (χ1v) is 8.21. The summed E-state index contributed by atoms with van der Waals surface area (Å²) in [5.74, 6) is 0. The molecule has 3 rings (SSSR count). The van der Waals surface area contributed by atoms with Crippen molar-refractivity contribution in [2.75, 3.05) is 13.3 Å². The Hall–Kier alpha value is -1.84. The van der Waals surface area contributed by atoms with E-state index >= 15 is 0 Å². The zero-order valence-corrected chi connectivity index (χ0v) is 13.0. The summed E-state index contributed by atoms with van der Waals surface area (Å²) < 4.78 is 0. The minimum absolute atomic E-state index is 0.175. The molecule has 0 fully saturated rings. The molecule has 0 saturated heterocycles. The van der Waals surface area contributed by atoms with Crippen LogP contribution >= 0.6 is 11.8 Å². The van der Waals surface area contributed by atoms with Crippen LogP contribution in [0.1, 0.15) is 17.2 Å². The molecule has 106 valence electrons. The van der Waals surface area contributed by atoms with Crippen LogP contribution in [0.4, 0.5) is 0 Å². The smallest absolute Gasteiger partial charge is 0.0705 e. The molecule has 2 aromatic carbocycles. The van der Waals surface area contributed by atoms with E-state index in [0.717, 1.165) is 5.52 Å². The van der Waals surface area contributed by atoms with Crippen molar-refractivity contribution in [1.29, 1.82) is 0 Å². The van der Waals surface area contributed by atoms with E-state index < -0.39 is 0 Å². The van der Waals surface area contributed by atoms with Gasteiger partial charge < -0.3 is 5.32 Å². The van der Waals surface area contributed by atoms with Crippen molar-refractivity contribution in [1.82, 2.24) is 10.3 Å². The van der Waals surface area contributed by atoms with E-state index in [1.807, 2.05) is 19.3 Å². The molecule has 1 heterocycles. The van der Waals surface area contributed by atoms with Crippen LogP contribution in [0, 0.1) is 0 Å². The Labute approximate surface area is 129 Å². The standard InChI is InChI=1S/C18H18N2S/c1-19-18(13-8-10-14(21-2)11-9-13)16-5-3-7-17-15(16)6-4-12-20-17/h3-12,18-19H,1-2H3. The van der Waals surface area contributed by atoms with Crippen LogP contribution in [0.2, 0.25) is 0 Å². The molecule has 1 unspecified atom stereocenters. The van der Waals surface area contributed by atoms with Gasteiger partial charge in [-0.1, -0.05) is 30.3 Å². The molecule has 0 amide bonds. The van der Waals surface area contributed by atoms with E-state index in [1.165, 1.54) is 21.4 Å². The van der Waals surface area contributed by atoms with Gasteiger partial charge in [0.05, 0.1) is 11.6 Å². The number of thioether (sulfide) groups is 1. The summed E-state index contributed by atoms with van der Waals surface area (Å²) >= 11 is 1.76. The first-order valence-electron chi connectivity index (χ1n) is 6.98. The molecule has 0 aliphatic rings. The van der Waals surface area contributed by atoms with Crippen molar-refractivity contribution >= 4 is 22.7 Å². The molecule has 0 aliphatic heterocycles. The number of aromatic nitrogens is 1. The van der Waals surface area contributed by atoms with Crippen LogP contribution < -0.4 is 5.32 Å². The van der Waals surface area contributed by atoms with Crippen molar-refractivity contribution in [2.24, 2.45) is 0 Å². The highest BCUT2D eigenvalue weighted by Gasteiger charge is 2.14. The molecule has 2 nitrogen and oxygen atoms in total. The number of benzene rings is 2. The van der Waals surface area contributed by atoms with Gasteiger partial charge >= 0.3 is 0 Å². The normalized spacial score (nSPS) is 12.5. The molecule has 0 saturated carbocycles. The predicted molar refractivity (Wildman–Crippen MR) is 90.9 cm³/mol. The Morgan fingerprint density at radius 3 is 2.52 bits per heavy atom. The number of fused-ring (bicyclic) bond motifs is 1. The Morgan fingerprint density at radius 1 is 1.00 bits per heavy atom. The SMILES string of the molecule is CNC(c1ccc(SC)cc1)c1cccc2ncccc12. The van der Waals surface area contributed by atoms with Crippen molar-refractivity contribution in [3.8, 4) is 0 Å². The van der Waals surface area contributed by atoms with Gasteiger partial charge in [0.15, 0.2) is 0 Å². The second kappa shape index (κ2) is 6.29. The molecular formula is C18H18N2S. The van der Waals surface area contributed by atoms with Gasteiger partial charge in [0, 0.05) is 16.5 Å². The van der Waals surface area contributed by atoms with Gasteiger partial charge in [-0.25, -0.2) is 0 Å². The third-order valence-electron chi connectivity index (χ3n) is 3.73. The fraction of sp³-hybridized carbons (Fsp3) is 0.167. The minimum Gasteiger partial charge on any atom is -0.309 e. The Kier molecular flexibility index (Phi) is 4.23. The highest BCUT2D eigenvalue weighted by molar-refractivity contribution is 7.98. The van der Waals surface area contributed by atoms with Crippen LogP contribution in [0.15, 0.2) is 65.7 Å². The van der Waals surface area contributed by atoms with Crippen molar-refractivity contribution in [3.05, 3.63) is 71.9 Å².